The smallest absolute Gasteiger partial charge is 0.224 e. The van der Waals surface area contributed by atoms with Crippen molar-refractivity contribution in [3.8, 4) is 0 Å². The molecule has 0 saturated carbocycles. The molecule has 4 heteroatoms. The highest BCUT2D eigenvalue weighted by Gasteiger charge is 2.07. The summed E-state index contributed by atoms with van der Waals surface area (Å²) < 4.78 is 14.0. The van der Waals surface area contributed by atoms with Crippen LogP contribution in [0.4, 0.5) is 4.39 Å². The second-order valence-electron chi connectivity index (χ2n) is 3.26. The summed E-state index contributed by atoms with van der Waals surface area (Å²) in [5.41, 5.74) is 0.423. The lowest BCUT2D eigenvalue weighted by Gasteiger charge is -2.04. The van der Waals surface area contributed by atoms with Gasteiger partial charge in [-0.3, -0.25) is 4.79 Å². The molecule has 1 rings (SSSR count). The second-order valence-corrected chi connectivity index (χ2v) is 4.18. The molecule has 1 N–H and O–H groups in total. The fraction of sp³-hybridized carbons (Fsp3) is 0.364. The van der Waals surface area contributed by atoms with Crippen LogP contribution >= 0.6 is 15.9 Å². The summed E-state index contributed by atoms with van der Waals surface area (Å²) in [6.07, 6.45) is 0.980. The van der Waals surface area contributed by atoms with E-state index in [4.69, 9.17) is 0 Å². The molecule has 0 spiro atoms. The molecule has 0 radical (unpaired) electrons. The van der Waals surface area contributed by atoms with E-state index in [1.54, 1.807) is 12.1 Å². The fourth-order valence-corrected chi connectivity index (χ4v) is 1.50. The number of nitrogens with one attached hydrogen (secondary N) is 1. The predicted octanol–water partition coefficient (Wildman–Crippen LogP) is 2.66. The van der Waals surface area contributed by atoms with E-state index < -0.39 is 0 Å². The average molecular weight is 274 g/mol. The van der Waals surface area contributed by atoms with Gasteiger partial charge in [0.25, 0.3) is 0 Å². The summed E-state index contributed by atoms with van der Waals surface area (Å²) >= 11 is 3.16. The van der Waals surface area contributed by atoms with Crippen molar-refractivity contribution in [2.75, 3.05) is 6.54 Å². The maximum atomic E-state index is 13.3. The molecule has 82 valence electrons. The highest BCUT2D eigenvalue weighted by molar-refractivity contribution is 9.10. The highest BCUT2D eigenvalue weighted by Crippen LogP contribution is 2.15. The first-order valence-electron chi connectivity index (χ1n) is 4.84. The predicted molar refractivity (Wildman–Crippen MR) is 61.1 cm³/mol. The van der Waals surface area contributed by atoms with Gasteiger partial charge in [-0.1, -0.05) is 28.9 Å². The Morgan fingerprint density at radius 3 is 2.87 bits per heavy atom. The monoisotopic (exact) mass is 273 g/mol. The Balaban J connectivity index is 2.60. The molecule has 0 atom stereocenters. The summed E-state index contributed by atoms with van der Waals surface area (Å²) in [7, 11) is 0. The molecule has 1 amide bonds. The molecule has 0 aliphatic carbocycles. The van der Waals surface area contributed by atoms with Gasteiger partial charge in [0.15, 0.2) is 0 Å². The third-order valence-corrected chi connectivity index (χ3v) is 2.43. The first-order valence-corrected chi connectivity index (χ1v) is 5.63. The van der Waals surface area contributed by atoms with Crippen LogP contribution in [-0.2, 0) is 11.2 Å². The van der Waals surface area contributed by atoms with Crippen molar-refractivity contribution in [3.05, 3.63) is 34.1 Å². The van der Waals surface area contributed by atoms with E-state index in [1.165, 1.54) is 6.07 Å². The standard InChI is InChI=1S/C11H13BrFNO/c1-2-5-14-11(15)6-8-3-4-9(12)7-10(8)13/h3-4,7H,2,5-6H2,1H3,(H,14,15). The number of carbonyl (C=O) groups is 1. The van der Waals surface area contributed by atoms with Crippen LogP contribution in [-0.4, -0.2) is 12.5 Å². The Morgan fingerprint density at radius 1 is 1.53 bits per heavy atom. The van der Waals surface area contributed by atoms with Gasteiger partial charge in [-0.25, -0.2) is 4.39 Å². The molecule has 0 aromatic heterocycles. The van der Waals surface area contributed by atoms with E-state index in [9.17, 15) is 9.18 Å². The number of halogens is 2. The van der Waals surface area contributed by atoms with E-state index in [0.717, 1.165) is 6.42 Å². The first-order chi connectivity index (χ1) is 7.13. The first kappa shape index (κ1) is 12.2. The summed E-state index contributed by atoms with van der Waals surface area (Å²) in [5.74, 6) is -0.492. The van der Waals surface area contributed by atoms with Crippen LogP contribution in [0.5, 0.6) is 0 Å². The Morgan fingerprint density at radius 2 is 2.27 bits per heavy atom. The van der Waals surface area contributed by atoms with Gasteiger partial charge >= 0.3 is 0 Å². The van der Waals surface area contributed by atoms with Crippen LogP contribution in [0.2, 0.25) is 0 Å². The summed E-state index contributed by atoms with van der Waals surface area (Å²) in [6.45, 7) is 2.61. The third-order valence-electron chi connectivity index (χ3n) is 1.94. The topological polar surface area (TPSA) is 29.1 Å². The maximum absolute atomic E-state index is 13.3. The lowest BCUT2D eigenvalue weighted by molar-refractivity contribution is -0.120. The second kappa shape index (κ2) is 5.85. The van der Waals surface area contributed by atoms with Gasteiger partial charge in [0.05, 0.1) is 6.42 Å². The Labute approximate surface area is 97.0 Å². The molecule has 0 unspecified atom stereocenters. The van der Waals surface area contributed by atoms with Crippen LogP contribution in [0.15, 0.2) is 22.7 Å². The van der Waals surface area contributed by atoms with Crippen molar-refractivity contribution >= 4 is 21.8 Å². The molecular formula is C11H13BrFNO. The minimum atomic E-state index is -0.351. The van der Waals surface area contributed by atoms with Crippen LogP contribution < -0.4 is 5.32 Å². The lowest BCUT2D eigenvalue weighted by Crippen LogP contribution is -2.25. The average Bonchev–Trinajstić information content (AvgIpc) is 2.19. The van der Waals surface area contributed by atoms with Crippen molar-refractivity contribution in [2.45, 2.75) is 19.8 Å². The van der Waals surface area contributed by atoms with E-state index in [0.29, 0.717) is 16.6 Å². The van der Waals surface area contributed by atoms with E-state index >= 15 is 0 Å². The SMILES string of the molecule is CCCNC(=O)Cc1ccc(Br)cc1F. The van der Waals surface area contributed by atoms with Crippen molar-refractivity contribution in [1.82, 2.24) is 5.32 Å². The quantitative estimate of drug-likeness (QED) is 0.898. The van der Waals surface area contributed by atoms with Gasteiger partial charge in [-0.2, -0.15) is 0 Å². The van der Waals surface area contributed by atoms with Crippen molar-refractivity contribution in [2.24, 2.45) is 0 Å². The molecule has 0 heterocycles. The van der Waals surface area contributed by atoms with Crippen molar-refractivity contribution in [1.29, 1.82) is 0 Å². The number of rotatable bonds is 4. The Kier molecular flexibility index (Phi) is 4.75. The molecule has 0 fully saturated rings. The number of benzene rings is 1. The van der Waals surface area contributed by atoms with Gasteiger partial charge in [0, 0.05) is 11.0 Å². The van der Waals surface area contributed by atoms with Crippen LogP contribution in [0, 0.1) is 5.82 Å². The van der Waals surface area contributed by atoms with Gasteiger partial charge in [-0.15, -0.1) is 0 Å². The molecule has 0 aliphatic rings. The maximum Gasteiger partial charge on any atom is 0.224 e. The number of carbonyl (C=O) groups excluding carboxylic acids is 1. The Bertz CT molecular complexity index is 354. The normalized spacial score (nSPS) is 10.1. The Hall–Kier alpha value is -0.900. The van der Waals surface area contributed by atoms with Gasteiger partial charge < -0.3 is 5.32 Å². The largest absolute Gasteiger partial charge is 0.356 e. The summed E-state index contributed by atoms with van der Waals surface area (Å²) in [4.78, 5) is 11.3. The van der Waals surface area contributed by atoms with Crippen molar-refractivity contribution < 1.29 is 9.18 Å². The molecule has 15 heavy (non-hydrogen) atoms. The fourth-order valence-electron chi connectivity index (χ4n) is 1.16. The van der Waals surface area contributed by atoms with Crippen molar-refractivity contribution in [3.63, 3.8) is 0 Å². The zero-order chi connectivity index (χ0) is 11.3. The molecular weight excluding hydrogens is 261 g/mol. The third kappa shape index (κ3) is 4.00. The molecule has 1 aromatic carbocycles. The number of amides is 1. The van der Waals surface area contributed by atoms with E-state index in [2.05, 4.69) is 21.2 Å². The van der Waals surface area contributed by atoms with Gasteiger partial charge in [0.1, 0.15) is 5.82 Å². The zero-order valence-electron chi connectivity index (χ0n) is 8.52. The molecule has 0 saturated heterocycles. The molecule has 1 aromatic rings. The molecule has 2 nitrogen and oxygen atoms in total. The molecule has 0 bridgehead atoms. The zero-order valence-corrected chi connectivity index (χ0v) is 10.1. The van der Waals surface area contributed by atoms with Crippen LogP contribution in [0.1, 0.15) is 18.9 Å². The minimum absolute atomic E-state index is 0.0963. The van der Waals surface area contributed by atoms with Crippen LogP contribution in [0.3, 0.4) is 0 Å². The van der Waals surface area contributed by atoms with E-state index in [-0.39, 0.29) is 18.1 Å². The number of hydrogen-bond donors (Lipinski definition) is 1. The van der Waals surface area contributed by atoms with E-state index in [1.807, 2.05) is 6.92 Å². The van der Waals surface area contributed by atoms with Crippen LogP contribution in [0.25, 0.3) is 0 Å². The highest BCUT2D eigenvalue weighted by atomic mass is 79.9. The summed E-state index contributed by atoms with van der Waals surface area (Å²) in [5, 5.41) is 2.71. The minimum Gasteiger partial charge on any atom is -0.356 e. The van der Waals surface area contributed by atoms with Gasteiger partial charge in [-0.05, 0) is 24.1 Å². The summed E-state index contributed by atoms with van der Waals surface area (Å²) in [6, 6.07) is 4.71. The van der Waals surface area contributed by atoms with Gasteiger partial charge in [0.2, 0.25) is 5.91 Å². The lowest BCUT2D eigenvalue weighted by atomic mass is 10.1. The number of hydrogen-bond acceptors (Lipinski definition) is 1. The molecule has 0 aliphatic heterocycles.